The number of hydroxylamine groups is 2. The number of carboxylic acid groups (broad SMARTS) is 1. The molecular formula is C29H34ClN3O6. The van der Waals surface area contributed by atoms with Crippen LogP contribution in [0.1, 0.15) is 59.7 Å². The first-order valence-electron chi connectivity index (χ1n) is 12.6. The molecule has 1 amide bonds. The summed E-state index contributed by atoms with van der Waals surface area (Å²) >= 11 is 6.31. The Hall–Kier alpha value is -3.69. The van der Waals surface area contributed by atoms with E-state index in [1.165, 1.54) is 14.2 Å². The molecule has 1 aromatic heterocycles. The van der Waals surface area contributed by atoms with Crippen LogP contribution < -0.4 is 4.74 Å². The molecule has 9 nitrogen and oxygen atoms in total. The Balaban J connectivity index is 1.74. The number of ether oxygens (including phenoxy) is 1. The summed E-state index contributed by atoms with van der Waals surface area (Å²) in [6.45, 7) is 3.79. The molecule has 0 spiro atoms. The van der Waals surface area contributed by atoms with Crippen LogP contribution in [0.2, 0.25) is 5.02 Å². The van der Waals surface area contributed by atoms with E-state index >= 15 is 0 Å². The topological polar surface area (TPSA) is 111 Å². The van der Waals surface area contributed by atoms with Gasteiger partial charge < -0.3 is 14.4 Å². The van der Waals surface area contributed by atoms with Gasteiger partial charge in [-0.25, -0.2) is 10.0 Å². The van der Waals surface area contributed by atoms with Gasteiger partial charge in [-0.15, -0.1) is 0 Å². The van der Waals surface area contributed by atoms with Crippen LogP contribution in [0.3, 0.4) is 0 Å². The highest BCUT2D eigenvalue weighted by molar-refractivity contribution is 6.32. The van der Waals surface area contributed by atoms with E-state index in [2.05, 4.69) is 4.98 Å². The number of hydrogen-bond acceptors (Lipinski definition) is 6. The van der Waals surface area contributed by atoms with E-state index < -0.39 is 5.97 Å². The highest BCUT2D eigenvalue weighted by Crippen LogP contribution is 2.29. The number of carboxylic acids is 1. The molecule has 10 heteroatoms. The van der Waals surface area contributed by atoms with Gasteiger partial charge in [-0.2, -0.15) is 0 Å². The Bertz CT molecular complexity index is 1320. The second-order valence-electron chi connectivity index (χ2n) is 9.68. The van der Waals surface area contributed by atoms with Gasteiger partial charge in [0, 0.05) is 44.3 Å². The second kappa shape index (κ2) is 13.4. The summed E-state index contributed by atoms with van der Waals surface area (Å²) in [5.41, 5.74) is 2.89. The lowest BCUT2D eigenvalue weighted by atomic mass is 9.88. The largest absolute Gasteiger partial charge is 0.489 e. The number of rotatable bonds is 13. The number of carbonyl (C=O) groups excluding carboxylic acids is 2. The van der Waals surface area contributed by atoms with E-state index in [9.17, 15) is 19.5 Å². The van der Waals surface area contributed by atoms with Crippen molar-refractivity contribution in [1.82, 2.24) is 14.6 Å². The highest BCUT2D eigenvalue weighted by atomic mass is 35.5. The molecule has 2 aromatic carbocycles. The third-order valence-corrected chi connectivity index (χ3v) is 6.55. The van der Waals surface area contributed by atoms with Crippen molar-refractivity contribution in [2.45, 2.75) is 45.6 Å². The fourth-order valence-electron chi connectivity index (χ4n) is 4.18. The maximum Gasteiger partial charge on any atom is 0.313 e. The van der Waals surface area contributed by atoms with E-state index in [1.807, 2.05) is 38.1 Å². The van der Waals surface area contributed by atoms with Crippen molar-refractivity contribution in [2.24, 2.45) is 13.0 Å². The highest BCUT2D eigenvalue weighted by Gasteiger charge is 2.21. The van der Waals surface area contributed by atoms with Crippen LogP contribution >= 0.6 is 11.6 Å². The number of amides is 1. The molecule has 0 saturated carbocycles. The second-order valence-corrected chi connectivity index (χ2v) is 10.1. The minimum Gasteiger partial charge on any atom is -0.489 e. The van der Waals surface area contributed by atoms with Crippen LogP contribution in [0.4, 0.5) is 0 Å². The lowest BCUT2D eigenvalue weighted by Crippen LogP contribution is -2.27. The first kappa shape index (κ1) is 29.9. The molecule has 0 saturated heterocycles. The molecule has 0 aliphatic carbocycles. The zero-order valence-corrected chi connectivity index (χ0v) is 23.6. The Morgan fingerprint density at radius 1 is 1.13 bits per heavy atom. The van der Waals surface area contributed by atoms with Gasteiger partial charge in [-0.05, 0) is 56.4 Å². The van der Waals surface area contributed by atoms with Gasteiger partial charge in [-0.1, -0.05) is 35.9 Å². The quantitative estimate of drug-likeness (QED) is 0.220. The third-order valence-electron chi connectivity index (χ3n) is 6.26. The predicted molar refractivity (Wildman–Crippen MR) is 148 cm³/mol. The van der Waals surface area contributed by atoms with Gasteiger partial charge in [0.2, 0.25) is 5.82 Å². The van der Waals surface area contributed by atoms with Gasteiger partial charge in [0.1, 0.15) is 5.75 Å². The molecule has 0 fully saturated rings. The SMILES string of the molecule is CON(C)C(=O)c1nc(-c2ccc(CC(CCC(=O)O)CC(=O)c3ccc(OC(C)C)c(Cl)c3)cc2)cn1C. The number of ketones is 1. The van der Waals surface area contributed by atoms with Crippen molar-refractivity contribution >= 4 is 29.3 Å². The summed E-state index contributed by atoms with van der Waals surface area (Å²) in [6, 6.07) is 12.6. The van der Waals surface area contributed by atoms with E-state index in [0.29, 0.717) is 34.9 Å². The summed E-state index contributed by atoms with van der Waals surface area (Å²) in [7, 11) is 4.66. The molecule has 3 aromatic rings. The van der Waals surface area contributed by atoms with Crippen molar-refractivity contribution < 1.29 is 29.1 Å². The molecule has 208 valence electrons. The van der Waals surface area contributed by atoms with Crippen molar-refractivity contribution in [3.05, 3.63) is 70.6 Å². The number of carbonyl (C=O) groups is 3. The molecular weight excluding hydrogens is 522 g/mol. The van der Waals surface area contributed by atoms with Crippen molar-refractivity contribution in [3.8, 4) is 17.0 Å². The van der Waals surface area contributed by atoms with Crippen LogP contribution in [0.25, 0.3) is 11.3 Å². The average molecular weight is 556 g/mol. The normalized spacial score (nSPS) is 11.9. The van der Waals surface area contributed by atoms with Crippen LogP contribution in [0.5, 0.6) is 5.75 Å². The van der Waals surface area contributed by atoms with Crippen molar-refractivity contribution in [3.63, 3.8) is 0 Å². The third kappa shape index (κ3) is 8.15. The minimum atomic E-state index is -0.902. The number of halogens is 1. The van der Waals surface area contributed by atoms with E-state index in [4.69, 9.17) is 21.2 Å². The fourth-order valence-corrected chi connectivity index (χ4v) is 4.41. The minimum absolute atomic E-state index is 0.0292. The van der Waals surface area contributed by atoms with Gasteiger partial charge >= 0.3 is 11.9 Å². The Morgan fingerprint density at radius 2 is 1.82 bits per heavy atom. The van der Waals surface area contributed by atoms with Gasteiger partial charge in [0.25, 0.3) is 0 Å². The number of nitrogens with zero attached hydrogens (tertiary/aromatic N) is 3. The molecule has 3 rings (SSSR count). The van der Waals surface area contributed by atoms with E-state index in [-0.39, 0.29) is 42.4 Å². The molecule has 1 unspecified atom stereocenters. The summed E-state index contributed by atoms with van der Waals surface area (Å²) in [5.74, 6) is -0.784. The van der Waals surface area contributed by atoms with Crippen molar-refractivity contribution in [1.29, 1.82) is 0 Å². The first-order valence-corrected chi connectivity index (χ1v) is 13.0. The molecule has 0 bridgehead atoms. The maximum atomic E-state index is 13.1. The molecule has 1 heterocycles. The van der Waals surface area contributed by atoms with Crippen LogP contribution in [0, 0.1) is 5.92 Å². The number of aryl methyl sites for hydroxylation is 1. The molecule has 1 atom stereocenters. The summed E-state index contributed by atoms with van der Waals surface area (Å²) in [4.78, 5) is 46.2. The summed E-state index contributed by atoms with van der Waals surface area (Å²) < 4.78 is 7.28. The lowest BCUT2D eigenvalue weighted by molar-refractivity contribution is -0.137. The van der Waals surface area contributed by atoms with E-state index in [1.54, 1.807) is 36.0 Å². The van der Waals surface area contributed by atoms with Gasteiger partial charge in [0.05, 0.1) is 23.9 Å². The Kier molecular flexibility index (Phi) is 10.3. The molecule has 1 N–H and O–H groups in total. The fraction of sp³-hybridized carbons (Fsp3) is 0.379. The Morgan fingerprint density at radius 3 is 2.41 bits per heavy atom. The average Bonchev–Trinajstić information content (AvgIpc) is 3.28. The monoisotopic (exact) mass is 555 g/mol. The smallest absolute Gasteiger partial charge is 0.313 e. The zero-order chi connectivity index (χ0) is 28.7. The van der Waals surface area contributed by atoms with Crippen LogP contribution in [0.15, 0.2) is 48.7 Å². The number of hydrogen-bond donors (Lipinski definition) is 1. The van der Waals surface area contributed by atoms with Gasteiger partial charge in [0.15, 0.2) is 5.78 Å². The van der Waals surface area contributed by atoms with Gasteiger partial charge in [-0.3, -0.25) is 19.2 Å². The Labute approximate surface area is 233 Å². The molecule has 39 heavy (non-hydrogen) atoms. The summed E-state index contributed by atoms with van der Waals surface area (Å²) in [5, 5.41) is 10.7. The predicted octanol–water partition coefficient (Wildman–Crippen LogP) is 5.46. The zero-order valence-electron chi connectivity index (χ0n) is 22.8. The van der Waals surface area contributed by atoms with Crippen LogP contribution in [-0.2, 0) is 23.1 Å². The number of aromatic nitrogens is 2. The molecule has 0 radical (unpaired) electrons. The standard InChI is InChI=1S/C29H34ClN3O6/c1-18(2)39-26-12-11-22(16-23(26)30)25(34)15-20(8-13-27(35)36)14-19-6-9-21(10-7-19)24-17-32(3)28(31-24)29(37)33(4)38-5/h6-7,9-12,16-18,20H,8,13-15H2,1-5H3,(H,35,36). The number of aliphatic carboxylic acids is 1. The van der Waals surface area contributed by atoms with E-state index in [0.717, 1.165) is 16.2 Å². The van der Waals surface area contributed by atoms with Crippen LogP contribution in [-0.4, -0.2) is 57.6 Å². The lowest BCUT2D eigenvalue weighted by Gasteiger charge is -2.17. The molecule has 0 aliphatic rings. The first-order chi connectivity index (χ1) is 18.5. The molecule has 0 aliphatic heterocycles. The number of Topliss-reactive ketones (excluding diaryl/α,β-unsaturated/α-hetero) is 1. The summed E-state index contributed by atoms with van der Waals surface area (Å²) in [6.07, 6.45) is 2.78. The maximum absolute atomic E-state index is 13.1. The number of imidazole rings is 1. The number of benzene rings is 2. The van der Waals surface area contributed by atoms with Crippen molar-refractivity contribution in [2.75, 3.05) is 14.2 Å².